The standard InChI is InChI=1S/C18H26O/c1-6-13-19-18-12-10-15(5)16(8-3)17(18)11-9-14(4)7-2/h8-12,14H,3,6-7,13H2,1-2,4-5H3/b11-9-. The molecule has 19 heavy (non-hydrogen) atoms. The van der Waals surface area contributed by atoms with Crippen molar-refractivity contribution in [3.8, 4) is 5.75 Å². The third-order valence-electron chi connectivity index (χ3n) is 3.37. The van der Waals surface area contributed by atoms with Crippen molar-refractivity contribution in [2.45, 2.75) is 40.5 Å². The Balaban J connectivity index is 3.17. The summed E-state index contributed by atoms with van der Waals surface area (Å²) in [5, 5.41) is 0. The van der Waals surface area contributed by atoms with Crippen molar-refractivity contribution in [3.63, 3.8) is 0 Å². The van der Waals surface area contributed by atoms with Gasteiger partial charge in [0.15, 0.2) is 0 Å². The molecular formula is C18H26O. The van der Waals surface area contributed by atoms with Crippen molar-refractivity contribution in [3.05, 3.63) is 41.5 Å². The zero-order valence-corrected chi connectivity index (χ0v) is 12.7. The molecule has 0 heterocycles. The van der Waals surface area contributed by atoms with Crippen LogP contribution in [0.15, 0.2) is 24.8 Å². The molecular weight excluding hydrogens is 232 g/mol. The van der Waals surface area contributed by atoms with Crippen LogP contribution >= 0.6 is 0 Å². The van der Waals surface area contributed by atoms with Gasteiger partial charge in [-0.1, -0.05) is 58.1 Å². The van der Waals surface area contributed by atoms with Gasteiger partial charge in [0.1, 0.15) is 5.75 Å². The Bertz CT molecular complexity index is 443. The molecule has 0 saturated heterocycles. The van der Waals surface area contributed by atoms with Gasteiger partial charge in [-0.15, -0.1) is 0 Å². The van der Waals surface area contributed by atoms with E-state index < -0.39 is 0 Å². The Kier molecular flexibility index (Phi) is 6.41. The Hall–Kier alpha value is -1.50. The Labute approximate surface area is 118 Å². The minimum atomic E-state index is 0.581. The number of aryl methyl sites for hydroxylation is 1. The fraction of sp³-hybridized carbons (Fsp3) is 0.444. The van der Waals surface area contributed by atoms with Crippen molar-refractivity contribution in [2.24, 2.45) is 5.92 Å². The Morgan fingerprint density at radius 1 is 1.26 bits per heavy atom. The molecule has 0 aromatic heterocycles. The van der Waals surface area contributed by atoms with Gasteiger partial charge >= 0.3 is 0 Å². The molecule has 0 bridgehead atoms. The van der Waals surface area contributed by atoms with E-state index in [1.54, 1.807) is 0 Å². The van der Waals surface area contributed by atoms with Gasteiger partial charge in [0.2, 0.25) is 0 Å². The van der Waals surface area contributed by atoms with Crippen molar-refractivity contribution < 1.29 is 4.74 Å². The van der Waals surface area contributed by atoms with Crippen LogP contribution in [0.2, 0.25) is 0 Å². The van der Waals surface area contributed by atoms with E-state index in [2.05, 4.69) is 58.6 Å². The minimum Gasteiger partial charge on any atom is -0.493 e. The van der Waals surface area contributed by atoms with Crippen LogP contribution in [0, 0.1) is 12.8 Å². The highest BCUT2D eigenvalue weighted by atomic mass is 16.5. The van der Waals surface area contributed by atoms with Crippen molar-refractivity contribution in [1.82, 2.24) is 0 Å². The SMILES string of the molecule is C=Cc1c(C)ccc(OCCC)c1/C=C\C(C)CC. The second kappa shape index (κ2) is 7.83. The molecule has 1 rings (SSSR count). The summed E-state index contributed by atoms with van der Waals surface area (Å²) in [6.07, 6.45) is 8.52. The third kappa shape index (κ3) is 4.27. The van der Waals surface area contributed by atoms with Crippen LogP contribution in [-0.4, -0.2) is 6.61 Å². The van der Waals surface area contributed by atoms with Gasteiger partial charge in [0.25, 0.3) is 0 Å². The first kappa shape index (κ1) is 15.6. The van der Waals surface area contributed by atoms with E-state index in [4.69, 9.17) is 4.74 Å². The van der Waals surface area contributed by atoms with E-state index in [9.17, 15) is 0 Å². The van der Waals surface area contributed by atoms with Gasteiger partial charge in [-0.2, -0.15) is 0 Å². The molecule has 0 radical (unpaired) electrons. The molecule has 0 saturated carbocycles. The average Bonchev–Trinajstić information content (AvgIpc) is 2.43. The summed E-state index contributed by atoms with van der Waals surface area (Å²) in [5.74, 6) is 1.54. The van der Waals surface area contributed by atoms with Gasteiger partial charge in [0.05, 0.1) is 6.61 Å². The largest absolute Gasteiger partial charge is 0.493 e. The number of ether oxygens (including phenoxy) is 1. The molecule has 1 atom stereocenters. The molecule has 0 N–H and O–H groups in total. The summed E-state index contributed by atoms with van der Waals surface area (Å²) in [4.78, 5) is 0. The summed E-state index contributed by atoms with van der Waals surface area (Å²) < 4.78 is 5.85. The van der Waals surface area contributed by atoms with Crippen LogP contribution in [0.4, 0.5) is 0 Å². The van der Waals surface area contributed by atoms with Gasteiger partial charge < -0.3 is 4.74 Å². The zero-order chi connectivity index (χ0) is 14.3. The van der Waals surface area contributed by atoms with Crippen LogP contribution < -0.4 is 4.74 Å². The molecule has 1 nitrogen and oxygen atoms in total. The lowest BCUT2D eigenvalue weighted by molar-refractivity contribution is 0.316. The van der Waals surface area contributed by atoms with Gasteiger partial charge in [-0.3, -0.25) is 0 Å². The van der Waals surface area contributed by atoms with E-state index in [0.29, 0.717) is 5.92 Å². The predicted octanol–water partition coefficient (Wildman–Crippen LogP) is 5.49. The van der Waals surface area contributed by atoms with Gasteiger partial charge in [-0.05, 0) is 36.5 Å². The van der Waals surface area contributed by atoms with Crippen molar-refractivity contribution >= 4 is 12.2 Å². The third-order valence-corrected chi connectivity index (χ3v) is 3.37. The van der Waals surface area contributed by atoms with Gasteiger partial charge in [-0.25, -0.2) is 0 Å². The summed E-state index contributed by atoms with van der Waals surface area (Å²) >= 11 is 0. The van der Waals surface area contributed by atoms with Gasteiger partial charge in [0, 0.05) is 5.56 Å². The molecule has 0 aliphatic carbocycles. The Morgan fingerprint density at radius 3 is 2.58 bits per heavy atom. The maximum absolute atomic E-state index is 5.85. The number of hydrogen-bond acceptors (Lipinski definition) is 1. The lowest BCUT2D eigenvalue weighted by Gasteiger charge is -2.13. The monoisotopic (exact) mass is 258 g/mol. The highest BCUT2D eigenvalue weighted by Crippen LogP contribution is 2.28. The summed E-state index contributed by atoms with van der Waals surface area (Å²) in [7, 11) is 0. The molecule has 0 amide bonds. The lowest BCUT2D eigenvalue weighted by Crippen LogP contribution is -1.99. The second-order valence-corrected chi connectivity index (χ2v) is 5.01. The highest BCUT2D eigenvalue weighted by Gasteiger charge is 2.08. The van der Waals surface area contributed by atoms with E-state index >= 15 is 0 Å². The number of hydrogen-bond donors (Lipinski definition) is 0. The molecule has 0 fully saturated rings. The van der Waals surface area contributed by atoms with Crippen LogP contribution in [-0.2, 0) is 0 Å². The summed E-state index contributed by atoms with van der Waals surface area (Å²) in [5.41, 5.74) is 3.57. The molecule has 1 heteroatoms. The van der Waals surface area contributed by atoms with Crippen LogP contribution in [0.1, 0.15) is 50.3 Å². The molecule has 1 aromatic rings. The molecule has 0 aliphatic rings. The molecule has 1 aromatic carbocycles. The number of benzene rings is 1. The van der Waals surface area contributed by atoms with Crippen LogP contribution in [0.25, 0.3) is 12.2 Å². The topological polar surface area (TPSA) is 9.23 Å². The maximum Gasteiger partial charge on any atom is 0.127 e. The first-order chi connectivity index (χ1) is 9.13. The van der Waals surface area contributed by atoms with Crippen molar-refractivity contribution in [2.75, 3.05) is 6.61 Å². The highest BCUT2D eigenvalue weighted by molar-refractivity contribution is 5.71. The summed E-state index contributed by atoms with van der Waals surface area (Å²) in [6, 6.07) is 4.16. The molecule has 1 unspecified atom stereocenters. The maximum atomic E-state index is 5.85. The number of rotatable bonds is 7. The van der Waals surface area contributed by atoms with E-state index in [0.717, 1.165) is 30.8 Å². The summed E-state index contributed by atoms with van der Waals surface area (Å²) in [6.45, 7) is 13.4. The lowest BCUT2D eigenvalue weighted by atomic mass is 9.98. The smallest absolute Gasteiger partial charge is 0.127 e. The van der Waals surface area contributed by atoms with Crippen LogP contribution in [0.5, 0.6) is 5.75 Å². The van der Waals surface area contributed by atoms with E-state index in [-0.39, 0.29) is 0 Å². The molecule has 104 valence electrons. The fourth-order valence-corrected chi connectivity index (χ4v) is 1.90. The minimum absolute atomic E-state index is 0.581. The molecule has 0 spiro atoms. The second-order valence-electron chi connectivity index (χ2n) is 5.01. The van der Waals surface area contributed by atoms with Crippen molar-refractivity contribution in [1.29, 1.82) is 0 Å². The predicted molar refractivity (Wildman–Crippen MR) is 85.5 cm³/mol. The number of allylic oxidation sites excluding steroid dienone is 1. The quantitative estimate of drug-likeness (QED) is 0.628. The molecule has 0 aliphatic heterocycles. The first-order valence-corrected chi connectivity index (χ1v) is 7.21. The average molecular weight is 258 g/mol. The first-order valence-electron chi connectivity index (χ1n) is 7.21. The fourth-order valence-electron chi connectivity index (χ4n) is 1.90. The normalized spacial score (nSPS) is 12.6. The van der Waals surface area contributed by atoms with Crippen LogP contribution in [0.3, 0.4) is 0 Å². The van der Waals surface area contributed by atoms with E-state index in [1.807, 2.05) is 6.08 Å². The van der Waals surface area contributed by atoms with E-state index in [1.165, 1.54) is 11.1 Å². The Morgan fingerprint density at radius 2 is 2.00 bits per heavy atom. The zero-order valence-electron chi connectivity index (χ0n) is 12.7.